The smallest absolute Gasteiger partial charge is 0.340 e. The third-order valence-electron chi connectivity index (χ3n) is 3.40. The van der Waals surface area contributed by atoms with Crippen molar-refractivity contribution in [1.82, 2.24) is 5.32 Å². The lowest BCUT2D eigenvalue weighted by atomic mass is 10.2. The van der Waals surface area contributed by atoms with Crippen molar-refractivity contribution < 1.29 is 24.0 Å². The number of esters is 1. The number of ether oxygens (including phenoxy) is 2. The number of nitrogens with one attached hydrogen (secondary N) is 1. The lowest BCUT2D eigenvalue weighted by Gasteiger charge is -2.09. The van der Waals surface area contributed by atoms with Gasteiger partial charge in [-0.3, -0.25) is 14.9 Å². The summed E-state index contributed by atoms with van der Waals surface area (Å²) in [5.41, 5.74) is 0.578. The number of nitro benzene ring substituents is 1. The maximum atomic E-state index is 12.0. The van der Waals surface area contributed by atoms with Crippen molar-refractivity contribution in [3.63, 3.8) is 0 Å². The molecule has 2 aromatic carbocycles. The highest BCUT2D eigenvalue weighted by Gasteiger charge is 2.18. The molecule has 1 amide bonds. The van der Waals surface area contributed by atoms with Gasteiger partial charge in [0.15, 0.2) is 6.61 Å². The summed E-state index contributed by atoms with van der Waals surface area (Å²) >= 11 is 5.84. The molecule has 9 heteroatoms. The fourth-order valence-electron chi connectivity index (χ4n) is 2.11. The van der Waals surface area contributed by atoms with E-state index in [1.54, 1.807) is 6.07 Å². The number of non-ortho nitro benzene ring substituents is 1. The molecular formula is C18H17ClN2O6. The van der Waals surface area contributed by atoms with E-state index in [2.05, 4.69) is 5.32 Å². The molecule has 27 heavy (non-hydrogen) atoms. The first-order valence-corrected chi connectivity index (χ1v) is 8.32. The first kappa shape index (κ1) is 20.2. The average molecular weight is 393 g/mol. The summed E-state index contributed by atoms with van der Waals surface area (Å²) < 4.78 is 10.3. The van der Waals surface area contributed by atoms with Crippen LogP contribution < -0.4 is 10.1 Å². The van der Waals surface area contributed by atoms with Crippen LogP contribution in [0.25, 0.3) is 0 Å². The maximum absolute atomic E-state index is 12.0. The Bertz CT molecular complexity index is 855. The van der Waals surface area contributed by atoms with E-state index < -0.39 is 23.4 Å². The van der Waals surface area contributed by atoms with Gasteiger partial charge in [-0.25, -0.2) is 4.79 Å². The normalized spacial score (nSPS) is 10.1. The molecule has 0 atom stereocenters. The van der Waals surface area contributed by atoms with Gasteiger partial charge in [0, 0.05) is 12.1 Å². The molecule has 2 rings (SSSR count). The monoisotopic (exact) mass is 392 g/mol. The minimum atomic E-state index is -0.921. The Labute approximate surface area is 160 Å². The van der Waals surface area contributed by atoms with Gasteiger partial charge in [-0.2, -0.15) is 0 Å². The molecule has 8 nitrogen and oxygen atoms in total. The molecular weight excluding hydrogens is 376 g/mol. The SMILES string of the molecule is Cc1cccc(OCCNC(=O)COC(=O)c2cc([N+](=O)[O-])ccc2Cl)c1. The fraction of sp³-hybridized carbons (Fsp3) is 0.222. The number of aryl methyl sites for hydroxylation is 1. The number of carbonyl (C=O) groups excluding carboxylic acids is 2. The van der Waals surface area contributed by atoms with Crippen LogP contribution in [-0.2, 0) is 9.53 Å². The zero-order valence-electron chi connectivity index (χ0n) is 14.4. The number of amides is 1. The van der Waals surface area contributed by atoms with E-state index in [4.69, 9.17) is 21.1 Å². The van der Waals surface area contributed by atoms with Crippen molar-refractivity contribution in [1.29, 1.82) is 0 Å². The van der Waals surface area contributed by atoms with Gasteiger partial charge in [-0.1, -0.05) is 23.7 Å². The molecule has 1 N–H and O–H groups in total. The fourth-order valence-corrected chi connectivity index (χ4v) is 2.30. The Balaban J connectivity index is 1.76. The van der Waals surface area contributed by atoms with E-state index in [1.807, 2.05) is 25.1 Å². The molecule has 0 aliphatic heterocycles. The first-order valence-electron chi connectivity index (χ1n) is 7.94. The molecule has 0 unspecified atom stereocenters. The van der Waals surface area contributed by atoms with Gasteiger partial charge in [-0.05, 0) is 30.7 Å². The van der Waals surface area contributed by atoms with Gasteiger partial charge in [-0.15, -0.1) is 0 Å². The number of nitro groups is 1. The van der Waals surface area contributed by atoms with Crippen LogP contribution >= 0.6 is 11.6 Å². The van der Waals surface area contributed by atoms with Gasteiger partial charge in [0.25, 0.3) is 11.6 Å². The topological polar surface area (TPSA) is 108 Å². The Hall–Kier alpha value is -3.13. The molecule has 142 valence electrons. The van der Waals surface area contributed by atoms with Crippen LogP contribution in [0.5, 0.6) is 5.75 Å². The summed E-state index contributed by atoms with van der Waals surface area (Å²) in [4.78, 5) is 33.8. The third kappa shape index (κ3) is 6.27. The zero-order valence-corrected chi connectivity index (χ0v) is 15.2. The van der Waals surface area contributed by atoms with Gasteiger partial charge in [0.1, 0.15) is 12.4 Å². The summed E-state index contributed by atoms with van der Waals surface area (Å²) in [6, 6.07) is 10.9. The molecule has 0 aliphatic carbocycles. The van der Waals surface area contributed by atoms with Crippen LogP contribution in [0.3, 0.4) is 0 Å². The van der Waals surface area contributed by atoms with E-state index in [1.165, 1.54) is 12.1 Å². The molecule has 0 heterocycles. The van der Waals surface area contributed by atoms with Gasteiger partial charge >= 0.3 is 5.97 Å². The second-order valence-electron chi connectivity index (χ2n) is 5.51. The molecule has 0 fully saturated rings. The summed E-state index contributed by atoms with van der Waals surface area (Å²) in [7, 11) is 0. The molecule has 0 aliphatic rings. The number of halogens is 1. The van der Waals surface area contributed by atoms with Crippen LogP contribution in [0, 0.1) is 17.0 Å². The van der Waals surface area contributed by atoms with Gasteiger partial charge < -0.3 is 14.8 Å². The van der Waals surface area contributed by atoms with Crippen molar-refractivity contribution in [2.75, 3.05) is 19.8 Å². The Kier molecular flexibility index (Phi) is 7.13. The molecule has 0 spiro atoms. The predicted octanol–water partition coefficient (Wildman–Crippen LogP) is 2.91. The highest BCUT2D eigenvalue weighted by molar-refractivity contribution is 6.33. The number of nitrogens with zero attached hydrogens (tertiary/aromatic N) is 1. The van der Waals surface area contributed by atoms with E-state index in [9.17, 15) is 19.7 Å². The summed E-state index contributed by atoms with van der Waals surface area (Å²) in [5, 5.41) is 13.3. The van der Waals surface area contributed by atoms with Crippen molar-refractivity contribution in [3.8, 4) is 5.75 Å². The number of benzene rings is 2. The largest absolute Gasteiger partial charge is 0.492 e. The summed E-state index contributed by atoms with van der Waals surface area (Å²) in [6.07, 6.45) is 0. The minimum absolute atomic E-state index is 0.00226. The number of hydrogen-bond acceptors (Lipinski definition) is 6. The first-order chi connectivity index (χ1) is 12.9. The van der Waals surface area contributed by atoms with Crippen molar-refractivity contribution >= 4 is 29.2 Å². The molecule has 0 aromatic heterocycles. The highest BCUT2D eigenvalue weighted by atomic mass is 35.5. The molecule has 0 bridgehead atoms. The van der Waals surface area contributed by atoms with Crippen LogP contribution in [0.2, 0.25) is 5.02 Å². The lowest BCUT2D eigenvalue weighted by molar-refractivity contribution is -0.384. The number of carbonyl (C=O) groups is 2. The van der Waals surface area contributed by atoms with Gasteiger partial charge in [0.2, 0.25) is 0 Å². The maximum Gasteiger partial charge on any atom is 0.340 e. The van der Waals surface area contributed by atoms with E-state index in [-0.39, 0.29) is 29.4 Å². The Morgan fingerprint density at radius 2 is 2.00 bits per heavy atom. The summed E-state index contributed by atoms with van der Waals surface area (Å²) in [6.45, 7) is 1.88. The number of rotatable bonds is 8. The predicted molar refractivity (Wildman–Crippen MR) is 98.1 cm³/mol. The van der Waals surface area contributed by atoms with Crippen molar-refractivity contribution in [3.05, 3.63) is 68.7 Å². The second-order valence-corrected chi connectivity index (χ2v) is 5.92. The molecule has 2 aromatic rings. The Morgan fingerprint density at radius 1 is 1.22 bits per heavy atom. The van der Waals surface area contributed by atoms with Crippen molar-refractivity contribution in [2.45, 2.75) is 6.92 Å². The quantitative estimate of drug-likeness (QED) is 0.320. The van der Waals surface area contributed by atoms with Crippen LogP contribution in [0.4, 0.5) is 5.69 Å². The summed E-state index contributed by atoms with van der Waals surface area (Å²) in [5.74, 6) is -0.761. The zero-order chi connectivity index (χ0) is 19.8. The average Bonchev–Trinajstić information content (AvgIpc) is 2.63. The second kappa shape index (κ2) is 9.54. The molecule has 0 saturated heterocycles. The highest BCUT2D eigenvalue weighted by Crippen LogP contribution is 2.22. The lowest BCUT2D eigenvalue weighted by Crippen LogP contribution is -2.32. The van der Waals surface area contributed by atoms with Crippen molar-refractivity contribution in [2.24, 2.45) is 0 Å². The van der Waals surface area contributed by atoms with Gasteiger partial charge in [0.05, 0.1) is 22.1 Å². The van der Waals surface area contributed by atoms with Crippen LogP contribution in [0.1, 0.15) is 15.9 Å². The molecule has 0 saturated carbocycles. The van der Waals surface area contributed by atoms with E-state index in [0.717, 1.165) is 11.6 Å². The number of hydrogen-bond donors (Lipinski definition) is 1. The van der Waals surface area contributed by atoms with Crippen LogP contribution in [-0.4, -0.2) is 36.6 Å². The van der Waals surface area contributed by atoms with Crippen LogP contribution in [0.15, 0.2) is 42.5 Å². The molecule has 0 radical (unpaired) electrons. The minimum Gasteiger partial charge on any atom is -0.492 e. The van der Waals surface area contributed by atoms with E-state index >= 15 is 0 Å². The standard InChI is InChI=1S/C18H17ClN2O6/c1-12-3-2-4-14(9-12)26-8-7-20-17(22)11-27-18(23)15-10-13(21(24)25)5-6-16(15)19/h2-6,9-10H,7-8,11H2,1H3,(H,20,22). The Morgan fingerprint density at radius 3 is 2.70 bits per heavy atom. The van der Waals surface area contributed by atoms with E-state index in [0.29, 0.717) is 5.75 Å². The third-order valence-corrected chi connectivity index (χ3v) is 3.73.